The Morgan fingerprint density at radius 3 is 2.61 bits per heavy atom. The summed E-state index contributed by atoms with van der Waals surface area (Å²) >= 11 is 0. The van der Waals surface area contributed by atoms with Crippen molar-refractivity contribution in [1.29, 1.82) is 0 Å². The van der Waals surface area contributed by atoms with Crippen molar-refractivity contribution in [3.8, 4) is 11.5 Å². The summed E-state index contributed by atoms with van der Waals surface area (Å²) in [4.78, 5) is 0. The molecule has 0 amide bonds. The van der Waals surface area contributed by atoms with Crippen LogP contribution < -0.4 is 9.47 Å². The van der Waals surface area contributed by atoms with Crippen molar-refractivity contribution < 1.29 is 19.3 Å². The molecule has 1 heterocycles. The molecule has 1 fully saturated rings. The molecule has 0 aliphatic carbocycles. The maximum atomic E-state index is 9.54. The lowest BCUT2D eigenvalue weighted by Gasteiger charge is -2.24. The van der Waals surface area contributed by atoms with Crippen molar-refractivity contribution in [3.63, 3.8) is 0 Å². The largest absolute Gasteiger partial charge is 0.493 e. The molecule has 1 aromatic rings. The van der Waals surface area contributed by atoms with Gasteiger partial charge in [-0.05, 0) is 24.6 Å². The van der Waals surface area contributed by atoms with Gasteiger partial charge >= 0.3 is 0 Å². The molecule has 0 saturated carbocycles. The molecule has 1 saturated heterocycles. The number of hydrogen-bond donors (Lipinski definition) is 1. The number of rotatable bonds is 4. The van der Waals surface area contributed by atoms with E-state index in [4.69, 9.17) is 14.2 Å². The SMILES string of the molecule is COc1cc(C(C)O)ccc1OC1CCOCC1. The predicted molar refractivity (Wildman–Crippen MR) is 68.1 cm³/mol. The first-order chi connectivity index (χ1) is 8.70. The summed E-state index contributed by atoms with van der Waals surface area (Å²) in [7, 11) is 1.61. The highest BCUT2D eigenvalue weighted by Crippen LogP contribution is 2.32. The van der Waals surface area contributed by atoms with Gasteiger partial charge in [-0.1, -0.05) is 6.07 Å². The smallest absolute Gasteiger partial charge is 0.161 e. The molecule has 1 aliphatic rings. The topological polar surface area (TPSA) is 47.9 Å². The average Bonchev–Trinajstić information content (AvgIpc) is 2.40. The Bertz CT molecular complexity index is 383. The lowest BCUT2D eigenvalue weighted by molar-refractivity contribution is 0.0245. The van der Waals surface area contributed by atoms with Crippen molar-refractivity contribution >= 4 is 0 Å². The molecule has 0 radical (unpaired) electrons. The third-order valence-electron chi connectivity index (χ3n) is 3.13. The van der Waals surface area contributed by atoms with Gasteiger partial charge in [0.1, 0.15) is 6.10 Å². The fourth-order valence-corrected chi connectivity index (χ4v) is 2.01. The Hall–Kier alpha value is -1.26. The van der Waals surface area contributed by atoms with Gasteiger partial charge in [-0.15, -0.1) is 0 Å². The second kappa shape index (κ2) is 6.07. The van der Waals surface area contributed by atoms with E-state index in [2.05, 4.69) is 0 Å². The average molecular weight is 252 g/mol. The monoisotopic (exact) mass is 252 g/mol. The lowest BCUT2D eigenvalue weighted by Crippen LogP contribution is -2.26. The number of aliphatic hydroxyl groups is 1. The van der Waals surface area contributed by atoms with Crippen LogP contribution in [0.4, 0.5) is 0 Å². The van der Waals surface area contributed by atoms with E-state index in [0.717, 1.165) is 37.4 Å². The fourth-order valence-electron chi connectivity index (χ4n) is 2.01. The van der Waals surface area contributed by atoms with Crippen LogP contribution in [0.1, 0.15) is 31.4 Å². The first kappa shape index (κ1) is 13.2. The van der Waals surface area contributed by atoms with Gasteiger partial charge in [-0.3, -0.25) is 0 Å². The van der Waals surface area contributed by atoms with Gasteiger partial charge in [0.05, 0.1) is 26.4 Å². The summed E-state index contributed by atoms with van der Waals surface area (Å²) < 4.78 is 16.5. The minimum Gasteiger partial charge on any atom is -0.493 e. The number of aliphatic hydroxyl groups excluding tert-OH is 1. The van der Waals surface area contributed by atoms with Gasteiger partial charge < -0.3 is 19.3 Å². The zero-order valence-corrected chi connectivity index (χ0v) is 10.9. The third kappa shape index (κ3) is 3.15. The Morgan fingerprint density at radius 1 is 1.28 bits per heavy atom. The van der Waals surface area contributed by atoms with Crippen LogP contribution in [-0.4, -0.2) is 31.5 Å². The highest BCUT2D eigenvalue weighted by molar-refractivity contribution is 5.43. The number of benzene rings is 1. The Balaban J connectivity index is 2.11. The van der Waals surface area contributed by atoms with Gasteiger partial charge in [0.25, 0.3) is 0 Å². The molecule has 1 N–H and O–H groups in total. The van der Waals surface area contributed by atoms with Crippen molar-refractivity contribution in [2.45, 2.75) is 32.0 Å². The molecule has 100 valence electrons. The van der Waals surface area contributed by atoms with Crippen molar-refractivity contribution in [1.82, 2.24) is 0 Å². The highest BCUT2D eigenvalue weighted by Gasteiger charge is 2.17. The Morgan fingerprint density at radius 2 is 2.00 bits per heavy atom. The van der Waals surface area contributed by atoms with E-state index in [-0.39, 0.29) is 6.10 Å². The maximum Gasteiger partial charge on any atom is 0.161 e. The van der Waals surface area contributed by atoms with Gasteiger partial charge in [-0.2, -0.15) is 0 Å². The molecule has 0 bridgehead atoms. The first-order valence-electron chi connectivity index (χ1n) is 6.31. The van der Waals surface area contributed by atoms with E-state index in [9.17, 15) is 5.11 Å². The van der Waals surface area contributed by atoms with Crippen LogP contribution in [0.15, 0.2) is 18.2 Å². The van der Waals surface area contributed by atoms with E-state index >= 15 is 0 Å². The van der Waals surface area contributed by atoms with Crippen LogP contribution in [0.5, 0.6) is 11.5 Å². The zero-order valence-electron chi connectivity index (χ0n) is 10.9. The Labute approximate surface area is 107 Å². The molecular weight excluding hydrogens is 232 g/mol. The van der Waals surface area contributed by atoms with Crippen LogP contribution in [0.3, 0.4) is 0 Å². The van der Waals surface area contributed by atoms with Gasteiger partial charge in [0.2, 0.25) is 0 Å². The predicted octanol–water partition coefficient (Wildman–Crippen LogP) is 2.31. The standard InChI is InChI=1S/C14H20O4/c1-10(15)11-3-4-13(14(9-11)16-2)18-12-5-7-17-8-6-12/h3-4,9-10,12,15H,5-8H2,1-2H3. The maximum absolute atomic E-state index is 9.54. The van der Waals surface area contributed by atoms with Crippen LogP contribution in [0.25, 0.3) is 0 Å². The van der Waals surface area contributed by atoms with Crippen LogP contribution in [0, 0.1) is 0 Å². The summed E-state index contributed by atoms with van der Waals surface area (Å²) in [6.07, 6.45) is 1.49. The van der Waals surface area contributed by atoms with Crippen molar-refractivity contribution in [2.75, 3.05) is 20.3 Å². The molecule has 1 aromatic carbocycles. The normalized spacial score (nSPS) is 18.4. The van der Waals surface area contributed by atoms with Crippen LogP contribution >= 0.6 is 0 Å². The zero-order chi connectivity index (χ0) is 13.0. The molecule has 1 unspecified atom stereocenters. The molecule has 18 heavy (non-hydrogen) atoms. The van der Waals surface area contributed by atoms with Crippen LogP contribution in [0.2, 0.25) is 0 Å². The van der Waals surface area contributed by atoms with E-state index in [0.29, 0.717) is 5.75 Å². The molecule has 4 heteroatoms. The van der Waals surface area contributed by atoms with E-state index in [1.54, 1.807) is 14.0 Å². The minimum absolute atomic E-state index is 0.185. The number of ether oxygens (including phenoxy) is 3. The fraction of sp³-hybridized carbons (Fsp3) is 0.571. The first-order valence-corrected chi connectivity index (χ1v) is 6.31. The lowest BCUT2D eigenvalue weighted by atomic mass is 10.1. The second-order valence-electron chi connectivity index (χ2n) is 4.52. The van der Waals surface area contributed by atoms with Gasteiger partial charge in [0.15, 0.2) is 11.5 Å². The van der Waals surface area contributed by atoms with E-state index in [1.165, 1.54) is 0 Å². The summed E-state index contributed by atoms with van der Waals surface area (Å²) in [5.74, 6) is 1.40. The number of methoxy groups -OCH3 is 1. The Kier molecular flexibility index (Phi) is 4.44. The molecule has 0 spiro atoms. The quantitative estimate of drug-likeness (QED) is 0.893. The summed E-state index contributed by atoms with van der Waals surface area (Å²) in [5, 5.41) is 9.54. The number of hydrogen-bond acceptors (Lipinski definition) is 4. The summed E-state index contributed by atoms with van der Waals surface area (Å²) in [5.41, 5.74) is 0.825. The van der Waals surface area contributed by atoms with Crippen molar-refractivity contribution in [2.24, 2.45) is 0 Å². The van der Waals surface area contributed by atoms with Crippen LogP contribution in [-0.2, 0) is 4.74 Å². The molecule has 1 atom stereocenters. The van der Waals surface area contributed by atoms with Gasteiger partial charge in [0, 0.05) is 12.8 Å². The summed E-state index contributed by atoms with van der Waals surface area (Å²) in [6.45, 7) is 3.23. The second-order valence-corrected chi connectivity index (χ2v) is 4.52. The molecule has 1 aliphatic heterocycles. The highest BCUT2D eigenvalue weighted by atomic mass is 16.5. The summed E-state index contributed by atoms with van der Waals surface area (Å²) in [6, 6.07) is 5.54. The van der Waals surface area contributed by atoms with Crippen molar-refractivity contribution in [3.05, 3.63) is 23.8 Å². The third-order valence-corrected chi connectivity index (χ3v) is 3.13. The molecular formula is C14H20O4. The minimum atomic E-state index is -0.504. The molecule has 4 nitrogen and oxygen atoms in total. The van der Waals surface area contributed by atoms with Gasteiger partial charge in [-0.25, -0.2) is 0 Å². The molecule has 0 aromatic heterocycles. The van der Waals surface area contributed by atoms with E-state index in [1.807, 2.05) is 18.2 Å². The molecule has 2 rings (SSSR count). The van der Waals surface area contributed by atoms with E-state index < -0.39 is 6.10 Å².